The summed E-state index contributed by atoms with van der Waals surface area (Å²) in [5.74, 6) is 6.13. The lowest BCUT2D eigenvalue weighted by atomic mass is 10.0. The number of nitrogens with one attached hydrogen (secondary N) is 1. The fourth-order valence-corrected chi connectivity index (χ4v) is 2.23. The molecule has 0 saturated heterocycles. The van der Waals surface area contributed by atoms with Gasteiger partial charge in [-0.2, -0.15) is 13.2 Å². The van der Waals surface area contributed by atoms with Crippen LogP contribution in [-0.2, 0) is 12.7 Å². The normalized spacial score (nSPS) is 13.4. The van der Waals surface area contributed by atoms with Crippen LogP contribution in [0.4, 0.5) is 13.2 Å². The highest BCUT2D eigenvalue weighted by Crippen LogP contribution is 2.31. The average molecular weight is 298 g/mol. The van der Waals surface area contributed by atoms with Crippen LogP contribution in [-0.4, -0.2) is 9.55 Å². The van der Waals surface area contributed by atoms with Gasteiger partial charge in [0.25, 0.3) is 0 Å². The number of rotatable bonds is 5. The van der Waals surface area contributed by atoms with Gasteiger partial charge >= 0.3 is 6.18 Å². The lowest BCUT2D eigenvalue weighted by Crippen LogP contribution is -2.31. The molecule has 0 aliphatic heterocycles. The van der Waals surface area contributed by atoms with E-state index in [2.05, 4.69) is 10.4 Å². The molecule has 1 atom stereocenters. The summed E-state index contributed by atoms with van der Waals surface area (Å²) >= 11 is 0. The number of aryl methyl sites for hydroxylation is 1. The maximum absolute atomic E-state index is 12.8. The molecule has 0 aliphatic carbocycles. The molecule has 0 radical (unpaired) electrons. The minimum Gasteiger partial charge on any atom is -0.333 e. The molecule has 7 heteroatoms. The molecule has 2 rings (SSSR count). The Labute approximate surface area is 120 Å². The van der Waals surface area contributed by atoms with Gasteiger partial charge in [0.2, 0.25) is 0 Å². The van der Waals surface area contributed by atoms with Gasteiger partial charge in [-0.25, -0.2) is 10.4 Å². The van der Waals surface area contributed by atoms with Gasteiger partial charge in [0, 0.05) is 18.9 Å². The van der Waals surface area contributed by atoms with Gasteiger partial charge in [-0.3, -0.25) is 5.84 Å². The number of hydrogen-bond donors (Lipinski definition) is 2. The average Bonchev–Trinajstić information content (AvgIpc) is 2.88. The van der Waals surface area contributed by atoms with E-state index in [4.69, 9.17) is 5.84 Å². The van der Waals surface area contributed by atoms with Gasteiger partial charge in [0.15, 0.2) is 0 Å². The molecule has 1 heterocycles. The molecule has 114 valence electrons. The molecule has 1 aromatic carbocycles. The van der Waals surface area contributed by atoms with Gasteiger partial charge in [-0.1, -0.05) is 19.1 Å². The second kappa shape index (κ2) is 6.28. The van der Waals surface area contributed by atoms with Crippen molar-refractivity contribution in [1.82, 2.24) is 15.0 Å². The third kappa shape index (κ3) is 3.43. The summed E-state index contributed by atoms with van der Waals surface area (Å²) in [4.78, 5) is 4.21. The fraction of sp³-hybridized carbons (Fsp3) is 0.357. The summed E-state index contributed by atoms with van der Waals surface area (Å²) in [6, 6.07) is 4.51. The monoisotopic (exact) mass is 298 g/mol. The molecule has 21 heavy (non-hydrogen) atoms. The summed E-state index contributed by atoms with van der Waals surface area (Å²) in [6.07, 6.45) is -0.0863. The molecule has 1 unspecified atom stereocenters. The molecule has 2 aromatic rings. The SMILES string of the molecule is CCCn1ccnc1C(NN)c1cccc(C(F)(F)F)c1. The Morgan fingerprint density at radius 2 is 2.14 bits per heavy atom. The molecule has 1 aromatic heterocycles. The van der Waals surface area contributed by atoms with Gasteiger partial charge in [-0.05, 0) is 24.1 Å². The van der Waals surface area contributed by atoms with Gasteiger partial charge in [-0.15, -0.1) is 0 Å². The summed E-state index contributed by atoms with van der Waals surface area (Å²) < 4.78 is 40.3. The van der Waals surface area contributed by atoms with Crippen LogP contribution in [0.2, 0.25) is 0 Å². The van der Waals surface area contributed by atoms with Gasteiger partial charge < -0.3 is 4.57 Å². The van der Waals surface area contributed by atoms with E-state index in [0.717, 1.165) is 25.1 Å². The third-order valence-electron chi connectivity index (χ3n) is 3.18. The van der Waals surface area contributed by atoms with Crippen LogP contribution in [0.5, 0.6) is 0 Å². The molecular weight excluding hydrogens is 281 g/mol. The number of hydrogen-bond acceptors (Lipinski definition) is 3. The van der Waals surface area contributed by atoms with E-state index in [1.807, 2.05) is 11.5 Å². The molecule has 0 spiro atoms. The van der Waals surface area contributed by atoms with Crippen LogP contribution in [0.3, 0.4) is 0 Å². The topological polar surface area (TPSA) is 55.9 Å². The van der Waals surface area contributed by atoms with Crippen molar-refractivity contribution in [3.8, 4) is 0 Å². The maximum Gasteiger partial charge on any atom is 0.416 e. The highest BCUT2D eigenvalue weighted by atomic mass is 19.4. The zero-order chi connectivity index (χ0) is 15.5. The van der Waals surface area contributed by atoms with Crippen LogP contribution < -0.4 is 11.3 Å². The van der Waals surface area contributed by atoms with Gasteiger partial charge in [0.1, 0.15) is 11.9 Å². The highest BCUT2D eigenvalue weighted by Gasteiger charge is 2.31. The predicted octanol–water partition coefficient (Wildman–Crippen LogP) is 2.86. The largest absolute Gasteiger partial charge is 0.416 e. The Kier molecular flexibility index (Phi) is 4.64. The zero-order valence-corrected chi connectivity index (χ0v) is 11.6. The van der Waals surface area contributed by atoms with Crippen molar-refractivity contribution < 1.29 is 13.2 Å². The molecule has 3 N–H and O–H groups in total. The predicted molar refractivity (Wildman–Crippen MR) is 73.1 cm³/mol. The summed E-state index contributed by atoms with van der Waals surface area (Å²) in [7, 11) is 0. The van der Waals surface area contributed by atoms with Crippen molar-refractivity contribution in [2.45, 2.75) is 32.1 Å². The highest BCUT2D eigenvalue weighted by molar-refractivity contribution is 5.31. The summed E-state index contributed by atoms with van der Waals surface area (Å²) in [6.45, 7) is 2.74. The fourth-order valence-electron chi connectivity index (χ4n) is 2.23. The first-order chi connectivity index (χ1) is 9.97. The van der Waals surface area contributed by atoms with Crippen LogP contribution in [0, 0.1) is 0 Å². The molecule has 4 nitrogen and oxygen atoms in total. The number of halogens is 3. The Morgan fingerprint density at radius 3 is 2.76 bits per heavy atom. The quantitative estimate of drug-likeness (QED) is 0.659. The third-order valence-corrected chi connectivity index (χ3v) is 3.18. The van der Waals surface area contributed by atoms with Gasteiger partial charge in [0.05, 0.1) is 5.56 Å². The lowest BCUT2D eigenvalue weighted by Gasteiger charge is -2.19. The van der Waals surface area contributed by atoms with E-state index in [1.54, 1.807) is 18.5 Å². The first-order valence-corrected chi connectivity index (χ1v) is 6.61. The van der Waals surface area contributed by atoms with Crippen LogP contribution >= 0.6 is 0 Å². The van der Waals surface area contributed by atoms with E-state index < -0.39 is 17.8 Å². The Hall–Kier alpha value is -1.86. The van der Waals surface area contributed by atoms with Crippen LogP contribution in [0.1, 0.15) is 36.3 Å². The van der Waals surface area contributed by atoms with Crippen molar-refractivity contribution in [3.63, 3.8) is 0 Å². The van der Waals surface area contributed by atoms with Crippen molar-refractivity contribution in [3.05, 3.63) is 53.6 Å². The Balaban J connectivity index is 2.40. The van der Waals surface area contributed by atoms with Crippen molar-refractivity contribution in [2.75, 3.05) is 0 Å². The lowest BCUT2D eigenvalue weighted by molar-refractivity contribution is -0.137. The second-order valence-corrected chi connectivity index (χ2v) is 4.70. The summed E-state index contributed by atoms with van der Waals surface area (Å²) in [5, 5.41) is 0. The summed E-state index contributed by atoms with van der Waals surface area (Å²) in [5.41, 5.74) is 2.27. The van der Waals surface area contributed by atoms with Crippen molar-refractivity contribution in [2.24, 2.45) is 5.84 Å². The number of benzene rings is 1. The molecule has 0 amide bonds. The number of aromatic nitrogens is 2. The number of hydrazine groups is 1. The van der Waals surface area contributed by atoms with E-state index in [-0.39, 0.29) is 0 Å². The molecule has 0 bridgehead atoms. The number of nitrogens with two attached hydrogens (primary N) is 1. The number of nitrogens with zero attached hydrogens (tertiary/aromatic N) is 2. The van der Waals surface area contributed by atoms with Crippen LogP contribution in [0.15, 0.2) is 36.7 Å². The van der Waals surface area contributed by atoms with E-state index in [1.165, 1.54) is 6.07 Å². The molecule has 0 aliphatic rings. The first kappa shape index (κ1) is 15.5. The molecule has 0 fully saturated rings. The van der Waals surface area contributed by atoms with Crippen LogP contribution in [0.25, 0.3) is 0 Å². The van der Waals surface area contributed by atoms with E-state index >= 15 is 0 Å². The standard InChI is InChI=1S/C14H17F3N4/c1-2-7-21-8-6-19-13(21)12(20-18)10-4-3-5-11(9-10)14(15,16)17/h3-6,8-9,12,20H,2,7,18H2,1H3. The van der Waals surface area contributed by atoms with E-state index in [0.29, 0.717) is 11.4 Å². The Morgan fingerprint density at radius 1 is 1.38 bits per heavy atom. The molecular formula is C14H17F3N4. The van der Waals surface area contributed by atoms with E-state index in [9.17, 15) is 13.2 Å². The second-order valence-electron chi connectivity index (χ2n) is 4.70. The molecule has 0 saturated carbocycles. The maximum atomic E-state index is 12.8. The number of alkyl halides is 3. The minimum absolute atomic E-state index is 0.427. The van der Waals surface area contributed by atoms with Crippen molar-refractivity contribution >= 4 is 0 Å². The minimum atomic E-state index is -4.38. The Bertz CT molecular complexity index is 592. The number of imidazole rings is 1. The van der Waals surface area contributed by atoms with Crippen molar-refractivity contribution in [1.29, 1.82) is 0 Å². The smallest absolute Gasteiger partial charge is 0.333 e. The first-order valence-electron chi connectivity index (χ1n) is 6.61. The zero-order valence-electron chi connectivity index (χ0n) is 11.6.